The summed E-state index contributed by atoms with van der Waals surface area (Å²) in [7, 11) is 5.49. The van der Waals surface area contributed by atoms with E-state index in [-0.39, 0.29) is 12.5 Å². The van der Waals surface area contributed by atoms with E-state index in [1.807, 2.05) is 31.1 Å². The van der Waals surface area contributed by atoms with Gasteiger partial charge in [-0.15, -0.1) is 0 Å². The number of likely N-dealkylation sites (N-methyl/N-ethyl adjacent to an activating group) is 1. The number of hydrogen-bond donors (Lipinski definition) is 2. The van der Waals surface area contributed by atoms with E-state index >= 15 is 0 Å². The lowest BCUT2D eigenvalue weighted by Crippen LogP contribution is -2.26. The quantitative estimate of drug-likeness (QED) is 0.841. The third-order valence-electron chi connectivity index (χ3n) is 2.05. The lowest BCUT2D eigenvalue weighted by atomic mass is 10.2. The van der Waals surface area contributed by atoms with Crippen LogP contribution in [0.2, 0.25) is 5.02 Å². The highest BCUT2D eigenvalue weighted by molar-refractivity contribution is 6.34. The molecular formula is C11H16ClN3O. The molecule has 0 fully saturated rings. The average molecular weight is 242 g/mol. The molecule has 88 valence electrons. The molecule has 1 rings (SSSR count). The van der Waals surface area contributed by atoms with Crippen molar-refractivity contribution in [1.29, 1.82) is 0 Å². The lowest BCUT2D eigenvalue weighted by Gasteiger charge is -2.19. The van der Waals surface area contributed by atoms with Crippen LogP contribution in [0.4, 0.5) is 11.4 Å². The van der Waals surface area contributed by atoms with Crippen molar-refractivity contribution in [2.45, 2.75) is 0 Å². The van der Waals surface area contributed by atoms with E-state index in [0.717, 1.165) is 11.4 Å². The van der Waals surface area contributed by atoms with Gasteiger partial charge < -0.3 is 15.5 Å². The first-order valence-corrected chi connectivity index (χ1v) is 5.34. The molecule has 0 aliphatic rings. The number of nitrogens with one attached hydrogen (secondary N) is 2. The topological polar surface area (TPSA) is 44.4 Å². The monoisotopic (exact) mass is 241 g/mol. The van der Waals surface area contributed by atoms with Crippen LogP contribution in [-0.4, -0.2) is 33.6 Å². The zero-order valence-corrected chi connectivity index (χ0v) is 10.4. The third-order valence-corrected chi connectivity index (χ3v) is 2.35. The smallest absolute Gasteiger partial charge is 0.238 e. The van der Waals surface area contributed by atoms with E-state index in [1.165, 1.54) is 0 Å². The molecule has 0 aliphatic heterocycles. The Kier molecular flexibility index (Phi) is 4.58. The van der Waals surface area contributed by atoms with E-state index in [9.17, 15) is 4.79 Å². The van der Waals surface area contributed by atoms with Crippen molar-refractivity contribution >= 4 is 28.9 Å². The van der Waals surface area contributed by atoms with Crippen LogP contribution < -0.4 is 15.5 Å². The predicted molar refractivity (Wildman–Crippen MR) is 68.3 cm³/mol. The summed E-state index contributed by atoms with van der Waals surface area (Å²) in [6.07, 6.45) is 0. The van der Waals surface area contributed by atoms with E-state index in [4.69, 9.17) is 11.6 Å². The summed E-state index contributed by atoms with van der Waals surface area (Å²) >= 11 is 6.08. The van der Waals surface area contributed by atoms with Gasteiger partial charge >= 0.3 is 0 Å². The fourth-order valence-corrected chi connectivity index (χ4v) is 1.77. The van der Waals surface area contributed by atoms with Crippen LogP contribution in [0.25, 0.3) is 0 Å². The maximum Gasteiger partial charge on any atom is 0.238 e. The number of nitrogens with zero attached hydrogens (tertiary/aromatic N) is 1. The van der Waals surface area contributed by atoms with Gasteiger partial charge in [-0.25, -0.2) is 0 Å². The largest absolute Gasteiger partial charge is 0.375 e. The summed E-state index contributed by atoms with van der Waals surface area (Å²) in [5.41, 5.74) is 1.53. The molecule has 0 unspecified atom stereocenters. The van der Waals surface area contributed by atoms with Gasteiger partial charge in [-0.05, 0) is 19.2 Å². The van der Waals surface area contributed by atoms with Gasteiger partial charge in [-0.3, -0.25) is 4.79 Å². The lowest BCUT2D eigenvalue weighted by molar-refractivity contribution is -0.115. The number of para-hydroxylation sites is 1. The first-order valence-electron chi connectivity index (χ1n) is 4.96. The molecule has 0 radical (unpaired) electrons. The van der Waals surface area contributed by atoms with Gasteiger partial charge in [0.1, 0.15) is 0 Å². The van der Waals surface area contributed by atoms with Crippen LogP contribution in [0.3, 0.4) is 0 Å². The fourth-order valence-electron chi connectivity index (χ4n) is 1.43. The summed E-state index contributed by atoms with van der Waals surface area (Å²) in [5.74, 6) is -0.0899. The molecular weight excluding hydrogens is 226 g/mol. The van der Waals surface area contributed by atoms with Gasteiger partial charge in [0, 0.05) is 14.1 Å². The van der Waals surface area contributed by atoms with Crippen LogP contribution in [-0.2, 0) is 4.79 Å². The standard InChI is InChI=1S/C11H16ClN3O/c1-13-7-10(16)14-9-6-4-5-8(12)11(9)15(2)3/h4-6,13H,7H2,1-3H3,(H,14,16). The number of rotatable bonds is 4. The Morgan fingerprint density at radius 3 is 2.69 bits per heavy atom. The predicted octanol–water partition coefficient (Wildman–Crippen LogP) is 1.56. The Morgan fingerprint density at radius 2 is 2.12 bits per heavy atom. The van der Waals surface area contributed by atoms with Crippen LogP contribution in [0.5, 0.6) is 0 Å². The molecule has 2 N–H and O–H groups in total. The number of amides is 1. The van der Waals surface area contributed by atoms with Crippen molar-refractivity contribution in [1.82, 2.24) is 5.32 Å². The molecule has 1 amide bonds. The molecule has 1 aromatic rings. The second kappa shape index (κ2) is 5.72. The Bertz CT molecular complexity index is 379. The molecule has 16 heavy (non-hydrogen) atoms. The molecule has 4 nitrogen and oxygen atoms in total. The minimum absolute atomic E-state index is 0.0899. The second-order valence-electron chi connectivity index (χ2n) is 3.61. The van der Waals surface area contributed by atoms with Crippen molar-refractivity contribution < 1.29 is 4.79 Å². The zero-order chi connectivity index (χ0) is 12.1. The van der Waals surface area contributed by atoms with Crippen LogP contribution in [0, 0.1) is 0 Å². The van der Waals surface area contributed by atoms with Gasteiger partial charge in [0.2, 0.25) is 5.91 Å². The number of carbonyl (C=O) groups is 1. The molecule has 5 heteroatoms. The Balaban J connectivity index is 2.95. The van der Waals surface area contributed by atoms with Crippen LogP contribution in [0.1, 0.15) is 0 Å². The molecule has 0 saturated heterocycles. The van der Waals surface area contributed by atoms with Gasteiger partial charge in [-0.2, -0.15) is 0 Å². The highest BCUT2D eigenvalue weighted by Crippen LogP contribution is 2.32. The highest BCUT2D eigenvalue weighted by atomic mass is 35.5. The van der Waals surface area contributed by atoms with Crippen molar-refractivity contribution in [3.8, 4) is 0 Å². The average Bonchev–Trinajstić information content (AvgIpc) is 2.17. The van der Waals surface area contributed by atoms with Gasteiger partial charge in [-0.1, -0.05) is 17.7 Å². The second-order valence-corrected chi connectivity index (χ2v) is 4.02. The highest BCUT2D eigenvalue weighted by Gasteiger charge is 2.10. The number of carbonyl (C=O) groups excluding carboxylic acids is 1. The summed E-state index contributed by atoms with van der Waals surface area (Å²) in [4.78, 5) is 13.3. The van der Waals surface area contributed by atoms with Crippen molar-refractivity contribution in [2.24, 2.45) is 0 Å². The minimum Gasteiger partial charge on any atom is -0.375 e. The Labute approximate surface area is 101 Å². The molecule has 0 heterocycles. The number of hydrogen-bond acceptors (Lipinski definition) is 3. The summed E-state index contributed by atoms with van der Waals surface area (Å²) in [6, 6.07) is 5.43. The summed E-state index contributed by atoms with van der Waals surface area (Å²) in [5, 5.41) is 6.22. The molecule has 0 aliphatic carbocycles. The number of benzene rings is 1. The molecule has 0 saturated carbocycles. The molecule has 0 aromatic heterocycles. The molecule has 0 atom stereocenters. The van der Waals surface area contributed by atoms with Gasteiger partial charge in [0.15, 0.2) is 0 Å². The molecule has 1 aromatic carbocycles. The van der Waals surface area contributed by atoms with Crippen LogP contribution in [0.15, 0.2) is 18.2 Å². The number of halogens is 1. The fraction of sp³-hybridized carbons (Fsp3) is 0.364. The van der Waals surface area contributed by atoms with E-state index in [2.05, 4.69) is 10.6 Å². The zero-order valence-electron chi connectivity index (χ0n) is 9.67. The third kappa shape index (κ3) is 3.12. The van der Waals surface area contributed by atoms with Crippen LogP contribution >= 0.6 is 11.6 Å². The molecule has 0 bridgehead atoms. The SMILES string of the molecule is CNCC(=O)Nc1cccc(Cl)c1N(C)C. The van der Waals surface area contributed by atoms with Crippen molar-refractivity contribution in [2.75, 3.05) is 37.9 Å². The molecule has 0 spiro atoms. The van der Waals surface area contributed by atoms with Gasteiger partial charge in [0.25, 0.3) is 0 Å². The van der Waals surface area contributed by atoms with Gasteiger partial charge in [0.05, 0.1) is 22.9 Å². The summed E-state index contributed by atoms with van der Waals surface area (Å²) in [6.45, 7) is 0.277. The van der Waals surface area contributed by atoms with Crippen molar-refractivity contribution in [3.63, 3.8) is 0 Å². The summed E-state index contributed by atoms with van der Waals surface area (Å²) < 4.78 is 0. The normalized spacial score (nSPS) is 10.0. The minimum atomic E-state index is -0.0899. The van der Waals surface area contributed by atoms with Crippen molar-refractivity contribution in [3.05, 3.63) is 23.2 Å². The first kappa shape index (κ1) is 12.8. The van der Waals surface area contributed by atoms with E-state index in [0.29, 0.717) is 5.02 Å². The Hall–Kier alpha value is -1.26. The first-order chi connectivity index (χ1) is 7.56. The Morgan fingerprint density at radius 1 is 1.44 bits per heavy atom. The van der Waals surface area contributed by atoms with E-state index in [1.54, 1.807) is 13.1 Å². The van der Waals surface area contributed by atoms with E-state index < -0.39 is 0 Å². The maximum atomic E-state index is 11.5. The maximum absolute atomic E-state index is 11.5. The number of anilines is 2.